The molecule has 0 bridgehead atoms. The summed E-state index contributed by atoms with van der Waals surface area (Å²) in [4.78, 5) is 10.6. The van der Waals surface area contributed by atoms with Crippen LogP contribution in [0.25, 0.3) is 5.65 Å². The summed E-state index contributed by atoms with van der Waals surface area (Å²) in [6, 6.07) is 0.862. The predicted octanol–water partition coefficient (Wildman–Crippen LogP) is 2.84. The van der Waals surface area contributed by atoms with Crippen molar-refractivity contribution in [3.8, 4) is 11.8 Å². The van der Waals surface area contributed by atoms with Crippen LogP contribution in [0, 0.1) is 18.8 Å². The fraction of sp³-hybridized carbons (Fsp3) is 0.412. The first-order valence-electron chi connectivity index (χ1n) is 8.55. The van der Waals surface area contributed by atoms with Crippen molar-refractivity contribution in [1.82, 2.24) is 29.4 Å². The van der Waals surface area contributed by atoms with E-state index < -0.39 is 16.8 Å². The molecule has 0 N–H and O–H groups in total. The Morgan fingerprint density at radius 1 is 1.11 bits per heavy atom. The molecular formula is C17H15ClF3N7. The van der Waals surface area contributed by atoms with Crippen molar-refractivity contribution in [3.63, 3.8) is 0 Å². The average molecular weight is 410 g/mol. The molecule has 1 saturated heterocycles. The highest BCUT2D eigenvalue weighted by molar-refractivity contribution is 6.32. The van der Waals surface area contributed by atoms with Gasteiger partial charge in [-0.05, 0) is 37.7 Å². The first-order chi connectivity index (χ1) is 13.2. The molecule has 4 heterocycles. The van der Waals surface area contributed by atoms with Gasteiger partial charge in [-0.3, -0.25) is 0 Å². The van der Waals surface area contributed by atoms with E-state index in [-0.39, 0.29) is 17.2 Å². The van der Waals surface area contributed by atoms with E-state index in [9.17, 15) is 13.2 Å². The van der Waals surface area contributed by atoms with Gasteiger partial charge in [0.05, 0.1) is 16.3 Å². The highest BCUT2D eigenvalue weighted by Gasteiger charge is 2.35. The number of alkyl halides is 3. The van der Waals surface area contributed by atoms with Crippen LogP contribution in [0.2, 0.25) is 5.02 Å². The molecule has 4 rings (SSSR count). The molecule has 0 aliphatic carbocycles. The van der Waals surface area contributed by atoms with Crippen molar-refractivity contribution in [2.45, 2.75) is 25.9 Å². The SMILES string of the molecule is Cc1c(Cl)c(C(F)(F)F)cc2nc(C#Cc3nc(N4CCCC4)nn3C)nn12. The summed E-state index contributed by atoms with van der Waals surface area (Å²) in [7, 11) is 1.73. The first kappa shape index (κ1) is 18.6. The van der Waals surface area contributed by atoms with E-state index in [1.54, 1.807) is 11.7 Å². The molecule has 7 nitrogen and oxygen atoms in total. The van der Waals surface area contributed by atoms with E-state index in [0.29, 0.717) is 11.8 Å². The van der Waals surface area contributed by atoms with Crippen molar-refractivity contribution in [2.24, 2.45) is 7.05 Å². The van der Waals surface area contributed by atoms with Crippen molar-refractivity contribution < 1.29 is 13.2 Å². The lowest BCUT2D eigenvalue weighted by Crippen LogP contribution is -2.19. The summed E-state index contributed by atoms with van der Waals surface area (Å²) in [6.45, 7) is 3.26. The highest BCUT2D eigenvalue weighted by atomic mass is 35.5. The zero-order valence-corrected chi connectivity index (χ0v) is 15.8. The van der Waals surface area contributed by atoms with E-state index in [1.807, 2.05) is 0 Å². The quantitative estimate of drug-likeness (QED) is 0.578. The Kier molecular flexibility index (Phi) is 4.42. The lowest BCUT2D eigenvalue weighted by atomic mass is 10.2. The number of nitrogens with zero attached hydrogens (tertiary/aromatic N) is 7. The van der Waals surface area contributed by atoms with E-state index >= 15 is 0 Å². The third-order valence-corrected chi connectivity index (χ3v) is 4.99. The Hall–Kier alpha value is -2.80. The number of rotatable bonds is 1. The molecule has 28 heavy (non-hydrogen) atoms. The Morgan fingerprint density at radius 3 is 2.50 bits per heavy atom. The van der Waals surface area contributed by atoms with Gasteiger partial charge >= 0.3 is 6.18 Å². The van der Waals surface area contributed by atoms with Gasteiger partial charge in [0, 0.05) is 20.1 Å². The van der Waals surface area contributed by atoms with Crippen LogP contribution < -0.4 is 4.90 Å². The second kappa shape index (κ2) is 6.67. The van der Waals surface area contributed by atoms with Gasteiger partial charge in [0.15, 0.2) is 5.65 Å². The van der Waals surface area contributed by atoms with Gasteiger partial charge in [-0.2, -0.15) is 23.1 Å². The number of pyridine rings is 1. The Bertz CT molecular complexity index is 1110. The third-order valence-electron chi connectivity index (χ3n) is 4.51. The van der Waals surface area contributed by atoms with Gasteiger partial charge < -0.3 is 4.90 Å². The second-order valence-electron chi connectivity index (χ2n) is 6.46. The Labute approximate surface area is 163 Å². The number of hydrogen-bond acceptors (Lipinski definition) is 5. The van der Waals surface area contributed by atoms with Crippen molar-refractivity contribution in [1.29, 1.82) is 0 Å². The van der Waals surface area contributed by atoms with Crippen molar-refractivity contribution >= 4 is 23.2 Å². The number of fused-ring (bicyclic) bond motifs is 1. The first-order valence-corrected chi connectivity index (χ1v) is 8.93. The Balaban J connectivity index is 1.69. The van der Waals surface area contributed by atoms with Crippen LogP contribution in [0.4, 0.5) is 19.1 Å². The minimum atomic E-state index is -4.58. The Morgan fingerprint density at radius 2 is 1.82 bits per heavy atom. The molecule has 1 aliphatic rings. The maximum Gasteiger partial charge on any atom is 0.418 e. The van der Waals surface area contributed by atoms with Gasteiger partial charge in [-0.15, -0.1) is 10.2 Å². The minimum Gasteiger partial charge on any atom is -0.340 e. The molecule has 0 atom stereocenters. The number of aryl methyl sites for hydroxylation is 2. The third kappa shape index (κ3) is 3.26. The van der Waals surface area contributed by atoms with Crippen LogP contribution in [-0.2, 0) is 13.2 Å². The maximum absolute atomic E-state index is 13.1. The van der Waals surface area contributed by atoms with E-state index in [2.05, 4.69) is 36.9 Å². The van der Waals surface area contributed by atoms with Crippen LogP contribution in [0.15, 0.2) is 6.07 Å². The molecule has 3 aromatic heterocycles. The minimum absolute atomic E-state index is 0.0225. The lowest BCUT2D eigenvalue weighted by Gasteiger charge is -2.11. The van der Waals surface area contributed by atoms with Gasteiger partial charge in [-0.1, -0.05) is 11.6 Å². The molecule has 146 valence electrons. The van der Waals surface area contributed by atoms with Gasteiger partial charge in [0.1, 0.15) is 0 Å². The van der Waals surface area contributed by atoms with Crippen molar-refractivity contribution in [2.75, 3.05) is 18.0 Å². The summed E-state index contributed by atoms with van der Waals surface area (Å²) >= 11 is 5.85. The van der Waals surface area contributed by atoms with Gasteiger partial charge in [0.2, 0.25) is 17.6 Å². The molecule has 0 saturated carbocycles. The lowest BCUT2D eigenvalue weighted by molar-refractivity contribution is -0.137. The molecule has 3 aromatic rings. The number of aromatic nitrogens is 6. The molecule has 0 radical (unpaired) electrons. The van der Waals surface area contributed by atoms with E-state index in [4.69, 9.17) is 11.6 Å². The molecule has 1 fully saturated rings. The van der Waals surface area contributed by atoms with E-state index in [1.165, 1.54) is 11.4 Å². The zero-order valence-electron chi connectivity index (χ0n) is 15.0. The standard InChI is InChI=1S/C17H15ClF3N7/c1-10-15(18)11(17(19,20)21)9-14-22-12(24-28(10)14)5-6-13-23-16(25-26(13)2)27-7-3-4-8-27/h9H,3-4,7-8H2,1-2H3. The summed E-state index contributed by atoms with van der Waals surface area (Å²) in [5.41, 5.74) is -0.786. The monoisotopic (exact) mass is 409 g/mol. The molecule has 0 amide bonds. The summed E-state index contributed by atoms with van der Waals surface area (Å²) < 4.78 is 42.1. The van der Waals surface area contributed by atoms with Gasteiger partial charge in [0.25, 0.3) is 0 Å². The molecule has 1 aliphatic heterocycles. The fourth-order valence-corrected chi connectivity index (χ4v) is 3.29. The summed E-state index contributed by atoms with van der Waals surface area (Å²) in [5, 5.41) is 8.08. The van der Waals surface area contributed by atoms with E-state index in [0.717, 1.165) is 32.0 Å². The fourth-order valence-electron chi connectivity index (χ4n) is 3.05. The second-order valence-corrected chi connectivity index (χ2v) is 6.84. The normalized spacial score (nSPS) is 14.6. The van der Waals surface area contributed by atoms with Crippen LogP contribution in [0.5, 0.6) is 0 Å². The largest absolute Gasteiger partial charge is 0.418 e. The smallest absolute Gasteiger partial charge is 0.340 e. The number of hydrogen-bond donors (Lipinski definition) is 0. The summed E-state index contributed by atoms with van der Waals surface area (Å²) in [5.74, 6) is 6.68. The van der Waals surface area contributed by atoms with Crippen molar-refractivity contribution in [3.05, 3.63) is 34.0 Å². The predicted molar refractivity (Wildman–Crippen MR) is 96.2 cm³/mol. The number of anilines is 1. The van der Waals surface area contributed by atoms with Crippen LogP contribution in [0.3, 0.4) is 0 Å². The zero-order chi connectivity index (χ0) is 20.1. The molecule has 0 aromatic carbocycles. The molecule has 0 unspecified atom stereocenters. The summed E-state index contributed by atoms with van der Waals surface area (Å²) in [6.07, 6.45) is -2.37. The number of halogens is 4. The maximum atomic E-state index is 13.1. The molecular weight excluding hydrogens is 395 g/mol. The van der Waals surface area contributed by atoms with Crippen LogP contribution >= 0.6 is 11.6 Å². The topological polar surface area (TPSA) is 64.1 Å². The van der Waals surface area contributed by atoms with Gasteiger partial charge in [-0.25, -0.2) is 9.20 Å². The highest BCUT2D eigenvalue weighted by Crippen LogP contribution is 2.36. The molecule has 11 heteroatoms. The molecule has 0 spiro atoms. The average Bonchev–Trinajstić information content (AvgIpc) is 3.34. The van der Waals surface area contributed by atoms with Crippen LogP contribution in [-0.4, -0.2) is 42.5 Å². The van der Waals surface area contributed by atoms with Crippen LogP contribution in [0.1, 0.15) is 35.7 Å².